The Hall–Kier alpha value is -0.470. The van der Waals surface area contributed by atoms with Crippen molar-refractivity contribution >= 4 is 12.8 Å². The lowest BCUT2D eigenvalue weighted by Gasteiger charge is -2.13. The third kappa shape index (κ3) is 2.26. The maximum Gasteiger partial charge on any atom is -0.0276 e. The summed E-state index contributed by atoms with van der Waals surface area (Å²) in [6.07, 6.45) is 5.38. The number of hydrogen-bond acceptors (Lipinski definition) is 2. The molecule has 0 saturated heterocycles. The maximum atomic E-state index is 4.19. The topological polar surface area (TPSA) is 26.0 Å². The van der Waals surface area contributed by atoms with E-state index in [1.165, 1.54) is 25.7 Å². The van der Waals surface area contributed by atoms with Crippen LogP contribution in [0, 0.1) is 0 Å². The van der Waals surface area contributed by atoms with Crippen molar-refractivity contribution in [1.82, 2.24) is 0 Å². The highest BCUT2D eigenvalue weighted by Gasteiger charge is 2.05. The summed E-state index contributed by atoms with van der Waals surface area (Å²) in [6.45, 7) is 0. The summed E-state index contributed by atoms with van der Waals surface area (Å²) in [4.78, 5) is 0. The van der Waals surface area contributed by atoms with Gasteiger partial charge >= 0.3 is 0 Å². The number of aryl methyl sites for hydroxylation is 2. The number of fused-ring (bicyclic) bond motifs is 1. The molecule has 0 aliphatic heterocycles. The van der Waals surface area contributed by atoms with Gasteiger partial charge < -0.3 is 0 Å². The standard InChI is InChI=1S/C10H12.H3NS/c1-2-6-10-8-4-3-7-9(10)5-1;1-2/h1-2,5-6H,3-4,7-8H2;2H,1H2. The molecule has 1 aliphatic rings. The van der Waals surface area contributed by atoms with Crippen molar-refractivity contribution in [1.29, 1.82) is 0 Å². The van der Waals surface area contributed by atoms with E-state index >= 15 is 0 Å². The number of benzene rings is 1. The van der Waals surface area contributed by atoms with Crippen LogP contribution < -0.4 is 5.14 Å². The van der Waals surface area contributed by atoms with Crippen molar-refractivity contribution in [2.75, 3.05) is 0 Å². The molecule has 2 N–H and O–H groups in total. The third-order valence-electron chi connectivity index (χ3n) is 2.26. The zero-order valence-electron chi connectivity index (χ0n) is 7.16. The monoisotopic (exact) mass is 181 g/mol. The highest BCUT2D eigenvalue weighted by atomic mass is 32.1. The summed E-state index contributed by atoms with van der Waals surface area (Å²) in [5.74, 6) is 0. The van der Waals surface area contributed by atoms with E-state index in [-0.39, 0.29) is 0 Å². The Morgan fingerprint density at radius 3 is 1.75 bits per heavy atom. The van der Waals surface area contributed by atoms with E-state index in [4.69, 9.17) is 0 Å². The molecule has 2 heteroatoms. The van der Waals surface area contributed by atoms with Gasteiger partial charge in [0, 0.05) is 0 Å². The predicted octanol–water partition coefficient (Wildman–Crippen LogP) is 2.36. The fraction of sp³-hybridized carbons (Fsp3) is 0.400. The molecule has 2 rings (SSSR count). The first-order valence-corrected chi connectivity index (χ1v) is 4.81. The first kappa shape index (κ1) is 9.62. The molecular weight excluding hydrogens is 166 g/mol. The van der Waals surface area contributed by atoms with Gasteiger partial charge in [-0.3, -0.25) is 5.14 Å². The van der Waals surface area contributed by atoms with Gasteiger partial charge in [0.2, 0.25) is 0 Å². The van der Waals surface area contributed by atoms with Gasteiger partial charge in [0.1, 0.15) is 0 Å². The number of nitrogens with two attached hydrogens (primary N) is 1. The Kier molecular flexibility index (Phi) is 4.19. The van der Waals surface area contributed by atoms with E-state index in [2.05, 4.69) is 42.2 Å². The Morgan fingerprint density at radius 1 is 0.917 bits per heavy atom. The normalized spacial score (nSPS) is 14.2. The Morgan fingerprint density at radius 2 is 1.33 bits per heavy atom. The van der Waals surface area contributed by atoms with Crippen LogP contribution in [0.2, 0.25) is 0 Å². The summed E-state index contributed by atoms with van der Waals surface area (Å²) in [7, 11) is 0. The average molecular weight is 181 g/mol. The van der Waals surface area contributed by atoms with E-state index in [0.717, 1.165) is 0 Å². The molecule has 0 amide bonds. The van der Waals surface area contributed by atoms with Crippen molar-refractivity contribution in [3.8, 4) is 0 Å². The van der Waals surface area contributed by atoms with Gasteiger partial charge in [-0.15, -0.1) is 12.8 Å². The van der Waals surface area contributed by atoms with Gasteiger partial charge in [0.05, 0.1) is 0 Å². The largest absolute Gasteiger partial charge is 0.281 e. The lowest BCUT2D eigenvalue weighted by Crippen LogP contribution is -2.00. The van der Waals surface area contributed by atoms with Crippen LogP contribution in [0.15, 0.2) is 24.3 Å². The molecule has 0 heterocycles. The maximum absolute atomic E-state index is 4.19. The molecular formula is C10H15NS. The number of hydrogen-bond donors (Lipinski definition) is 2. The molecule has 66 valence electrons. The highest BCUT2D eigenvalue weighted by molar-refractivity contribution is 7.77. The number of thiol groups is 1. The van der Waals surface area contributed by atoms with Crippen LogP contribution in [0.5, 0.6) is 0 Å². The quantitative estimate of drug-likeness (QED) is 0.590. The van der Waals surface area contributed by atoms with Gasteiger partial charge in [0.25, 0.3) is 0 Å². The van der Waals surface area contributed by atoms with Crippen molar-refractivity contribution in [3.05, 3.63) is 35.4 Å². The minimum Gasteiger partial charge on any atom is -0.281 e. The van der Waals surface area contributed by atoms with E-state index in [1.807, 2.05) is 0 Å². The SMILES string of the molecule is NS.c1ccc2c(c1)CCCC2. The third-order valence-corrected chi connectivity index (χ3v) is 2.26. The molecule has 1 aromatic rings. The fourth-order valence-electron chi connectivity index (χ4n) is 1.68. The van der Waals surface area contributed by atoms with Crippen molar-refractivity contribution < 1.29 is 0 Å². The molecule has 0 spiro atoms. The van der Waals surface area contributed by atoms with Crippen LogP contribution in [0.3, 0.4) is 0 Å². The highest BCUT2D eigenvalue weighted by Crippen LogP contribution is 2.19. The smallest absolute Gasteiger partial charge is 0.0276 e. The van der Waals surface area contributed by atoms with Crippen LogP contribution in [0.4, 0.5) is 0 Å². The Bertz CT molecular complexity index is 210. The van der Waals surface area contributed by atoms with Gasteiger partial charge in [-0.2, -0.15) is 0 Å². The molecule has 0 unspecified atom stereocenters. The second-order valence-corrected chi connectivity index (χ2v) is 2.98. The summed E-state index contributed by atoms with van der Waals surface area (Å²) < 4.78 is 0. The summed E-state index contributed by atoms with van der Waals surface area (Å²) >= 11 is 3.03. The first-order chi connectivity index (χ1) is 5.97. The van der Waals surface area contributed by atoms with Crippen LogP contribution in [0.1, 0.15) is 24.0 Å². The second-order valence-electron chi connectivity index (χ2n) is 2.98. The average Bonchev–Trinajstić information content (AvgIpc) is 2.21. The zero-order chi connectivity index (χ0) is 8.81. The Balaban J connectivity index is 0.000000336. The second kappa shape index (κ2) is 5.22. The molecule has 0 radical (unpaired) electrons. The lowest BCUT2D eigenvalue weighted by molar-refractivity contribution is 0.685. The molecule has 0 bridgehead atoms. The van der Waals surface area contributed by atoms with Gasteiger partial charge in [-0.1, -0.05) is 24.3 Å². The van der Waals surface area contributed by atoms with E-state index < -0.39 is 0 Å². The summed E-state index contributed by atoms with van der Waals surface area (Å²) in [5, 5.41) is 4.19. The minimum absolute atomic E-state index is 1.30. The molecule has 12 heavy (non-hydrogen) atoms. The van der Waals surface area contributed by atoms with E-state index in [0.29, 0.717) is 0 Å². The van der Waals surface area contributed by atoms with E-state index in [9.17, 15) is 0 Å². The lowest BCUT2D eigenvalue weighted by atomic mass is 9.92. The van der Waals surface area contributed by atoms with Crippen molar-refractivity contribution in [2.24, 2.45) is 5.14 Å². The molecule has 0 atom stereocenters. The minimum atomic E-state index is 1.30. The van der Waals surface area contributed by atoms with Gasteiger partial charge in [0.15, 0.2) is 0 Å². The molecule has 1 aromatic carbocycles. The molecule has 0 fully saturated rings. The van der Waals surface area contributed by atoms with Crippen LogP contribution in [-0.2, 0) is 12.8 Å². The van der Waals surface area contributed by atoms with Crippen LogP contribution in [-0.4, -0.2) is 0 Å². The molecule has 0 aromatic heterocycles. The Labute approximate surface area is 79.5 Å². The van der Waals surface area contributed by atoms with Gasteiger partial charge in [-0.05, 0) is 36.8 Å². The van der Waals surface area contributed by atoms with E-state index in [1.54, 1.807) is 11.1 Å². The number of rotatable bonds is 0. The summed E-state index contributed by atoms with van der Waals surface area (Å²) in [5.41, 5.74) is 3.16. The molecule has 0 saturated carbocycles. The van der Waals surface area contributed by atoms with Crippen molar-refractivity contribution in [2.45, 2.75) is 25.7 Å². The van der Waals surface area contributed by atoms with Crippen LogP contribution in [0.25, 0.3) is 0 Å². The molecule has 1 aliphatic carbocycles. The predicted molar refractivity (Wildman–Crippen MR) is 56.3 cm³/mol. The van der Waals surface area contributed by atoms with Crippen LogP contribution >= 0.6 is 12.8 Å². The molecule has 1 nitrogen and oxygen atoms in total. The summed E-state index contributed by atoms with van der Waals surface area (Å²) in [6, 6.07) is 8.80. The zero-order valence-corrected chi connectivity index (χ0v) is 8.06. The first-order valence-electron chi connectivity index (χ1n) is 4.29. The fourth-order valence-corrected chi connectivity index (χ4v) is 1.68. The van der Waals surface area contributed by atoms with Gasteiger partial charge in [-0.25, -0.2) is 0 Å². The van der Waals surface area contributed by atoms with Crippen molar-refractivity contribution in [3.63, 3.8) is 0 Å².